The van der Waals surface area contributed by atoms with Crippen LogP contribution in [0.2, 0.25) is 0 Å². The summed E-state index contributed by atoms with van der Waals surface area (Å²) in [5.74, 6) is 0.449. The van der Waals surface area contributed by atoms with E-state index in [0.717, 1.165) is 32.4 Å². The molecule has 2 amide bonds. The summed E-state index contributed by atoms with van der Waals surface area (Å²) >= 11 is 0. The first kappa shape index (κ1) is 19.9. The minimum absolute atomic E-state index is 0.0530. The summed E-state index contributed by atoms with van der Waals surface area (Å²) in [5, 5.41) is 0. The molecule has 2 atom stereocenters. The Hall–Kier alpha value is -2.41. The molecule has 0 radical (unpaired) electrons. The average molecular weight is 399 g/mol. The fraction of sp³-hybridized carbons (Fsp3) is 0.591. The second-order valence-electron chi connectivity index (χ2n) is 9.13. The highest BCUT2D eigenvalue weighted by atomic mass is 16.2. The van der Waals surface area contributed by atoms with Crippen molar-refractivity contribution < 1.29 is 9.59 Å². The molecule has 2 unspecified atom stereocenters. The summed E-state index contributed by atoms with van der Waals surface area (Å²) in [7, 11) is 4.10. The minimum Gasteiger partial charge on any atom is -0.341 e. The van der Waals surface area contributed by atoms with Crippen molar-refractivity contribution >= 4 is 11.8 Å². The standard InChI is InChI=1S/C22H30N4O3/c1-24(2)13-22-14-25(20(28)9-16-5-3-4-6-16)11-18(22)12-26(15-22)21(29)17-7-8-19(27)23-10-17/h5,7-8,10,18H,3-4,6,9,11-15H2,1-2H3,(H,23,27). The largest absolute Gasteiger partial charge is 0.341 e. The van der Waals surface area contributed by atoms with Crippen LogP contribution in [0.5, 0.6) is 0 Å². The number of aromatic amines is 1. The van der Waals surface area contributed by atoms with E-state index < -0.39 is 0 Å². The van der Waals surface area contributed by atoms with E-state index in [-0.39, 0.29) is 28.7 Å². The number of rotatable bonds is 5. The first-order valence-electron chi connectivity index (χ1n) is 10.4. The normalized spacial score (nSPS) is 26.2. The van der Waals surface area contributed by atoms with Gasteiger partial charge in [0.05, 0.1) is 5.56 Å². The molecule has 156 valence electrons. The van der Waals surface area contributed by atoms with E-state index in [1.165, 1.54) is 17.8 Å². The Labute approximate surface area is 171 Å². The predicted octanol–water partition coefficient (Wildman–Crippen LogP) is 1.34. The Kier molecular flexibility index (Phi) is 5.34. The molecule has 7 heteroatoms. The van der Waals surface area contributed by atoms with Crippen LogP contribution >= 0.6 is 0 Å². The lowest BCUT2D eigenvalue weighted by atomic mass is 9.80. The van der Waals surface area contributed by atoms with E-state index in [1.54, 1.807) is 6.07 Å². The van der Waals surface area contributed by atoms with Crippen molar-refractivity contribution in [3.05, 3.63) is 45.9 Å². The van der Waals surface area contributed by atoms with Gasteiger partial charge in [-0.15, -0.1) is 0 Å². The van der Waals surface area contributed by atoms with E-state index in [1.807, 2.05) is 23.9 Å². The van der Waals surface area contributed by atoms with Crippen molar-refractivity contribution in [3.63, 3.8) is 0 Å². The molecule has 2 aliphatic heterocycles. The third kappa shape index (κ3) is 4.01. The van der Waals surface area contributed by atoms with Gasteiger partial charge < -0.3 is 19.7 Å². The van der Waals surface area contributed by atoms with Crippen LogP contribution in [0.4, 0.5) is 0 Å². The predicted molar refractivity (Wildman–Crippen MR) is 111 cm³/mol. The Balaban J connectivity index is 1.48. The van der Waals surface area contributed by atoms with Crippen LogP contribution in [0, 0.1) is 11.3 Å². The smallest absolute Gasteiger partial charge is 0.255 e. The van der Waals surface area contributed by atoms with Gasteiger partial charge in [0.1, 0.15) is 0 Å². The van der Waals surface area contributed by atoms with Gasteiger partial charge in [0, 0.05) is 62.7 Å². The second-order valence-corrected chi connectivity index (χ2v) is 9.13. The molecule has 1 aliphatic carbocycles. The number of nitrogens with one attached hydrogen (secondary N) is 1. The molecule has 2 saturated heterocycles. The van der Waals surface area contributed by atoms with Gasteiger partial charge in [-0.3, -0.25) is 14.4 Å². The highest BCUT2D eigenvalue weighted by Gasteiger charge is 2.54. The van der Waals surface area contributed by atoms with Gasteiger partial charge >= 0.3 is 0 Å². The van der Waals surface area contributed by atoms with E-state index >= 15 is 0 Å². The monoisotopic (exact) mass is 398 g/mol. The van der Waals surface area contributed by atoms with Crippen molar-refractivity contribution in [1.82, 2.24) is 19.7 Å². The summed E-state index contributed by atoms with van der Waals surface area (Å²) in [6.45, 7) is 3.56. The molecule has 0 aromatic carbocycles. The molecule has 1 aromatic heterocycles. The molecule has 1 aromatic rings. The Morgan fingerprint density at radius 3 is 2.62 bits per heavy atom. The molecule has 3 aliphatic rings. The Bertz CT molecular complexity index is 870. The molecule has 1 N–H and O–H groups in total. The van der Waals surface area contributed by atoms with Crippen LogP contribution in [-0.2, 0) is 4.79 Å². The van der Waals surface area contributed by atoms with Gasteiger partial charge in [0.25, 0.3) is 5.91 Å². The number of carbonyl (C=O) groups excluding carboxylic acids is 2. The maximum absolute atomic E-state index is 13.0. The lowest BCUT2D eigenvalue weighted by Gasteiger charge is -2.32. The number of likely N-dealkylation sites (tertiary alicyclic amines) is 2. The first-order chi connectivity index (χ1) is 13.9. The third-order valence-corrected chi connectivity index (χ3v) is 6.57. The molecule has 0 spiro atoms. The SMILES string of the molecule is CN(C)CC12CN(C(=O)CC3=CCCC3)CC1CN(C(=O)c1ccc(=O)[nH]c1)C2. The van der Waals surface area contributed by atoms with Crippen molar-refractivity contribution in [2.45, 2.75) is 25.7 Å². The minimum atomic E-state index is -0.213. The zero-order valence-corrected chi connectivity index (χ0v) is 17.3. The van der Waals surface area contributed by atoms with E-state index in [0.29, 0.717) is 31.6 Å². The molecule has 2 fully saturated rings. The van der Waals surface area contributed by atoms with E-state index in [2.05, 4.69) is 16.0 Å². The molecule has 3 heterocycles. The summed E-state index contributed by atoms with van der Waals surface area (Å²) in [6.07, 6.45) is 7.56. The molecule has 4 rings (SSSR count). The second kappa shape index (κ2) is 7.78. The lowest BCUT2D eigenvalue weighted by Crippen LogP contribution is -2.43. The number of hydrogen-bond acceptors (Lipinski definition) is 4. The summed E-state index contributed by atoms with van der Waals surface area (Å²) in [4.78, 5) is 45.8. The van der Waals surface area contributed by atoms with Crippen molar-refractivity contribution in [3.8, 4) is 0 Å². The highest BCUT2D eigenvalue weighted by molar-refractivity contribution is 5.94. The number of nitrogens with zero attached hydrogens (tertiary/aromatic N) is 3. The van der Waals surface area contributed by atoms with Crippen molar-refractivity contribution in [1.29, 1.82) is 0 Å². The van der Waals surface area contributed by atoms with Crippen LogP contribution in [0.1, 0.15) is 36.0 Å². The average Bonchev–Trinajstić information content (AvgIpc) is 3.36. The molecular formula is C22H30N4O3. The number of hydrogen-bond donors (Lipinski definition) is 1. The van der Waals surface area contributed by atoms with Crippen LogP contribution in [0.15, 0.2) is 34.8 Å². The van der Waals surface area contributed by atoms with Crippen LogP contribution in [-0.4, -0.2) is 78.3 Å². The quantitative estimate of drug-likeness (QED) is 0.760. The number of fused-ring (bicyclic) bond motifs is 1. The molecule has 0 saturated carbocycles. The van der Waals surface area contributed by atoms with E-state index in [9.17, 15) is 14.4 Å². The van der Waals surface area contributed by atoms with Crippen LogP contribution < -0.4 is 5.56 Å². The number of amides is 2. The molecule has 7 nitrogen and oxygen atoms in total. The van der Waals surface area contributed by atoms with Gasteiger partial charge in [-0.1, -0.05) is 11.6 Å². The fourth-order valence-electron chi connectivity index (χ4n) is 5.31. The lowest BCUT2D eigenvalue weighted by molar-refractivity contribution is -0.130. The maximum atomic E-state index is 13.0. The summed E-state index contributed by atoms with van der Waals surface area (Å²) < 4.78 is 0. The first-order valence-corrected chi connectivity index (χ1v) is 10.4. The zero-order valence-electron chi connectivity index (χ0n) is 17.3. The van der Waals surface area contributed by atoms with Gasteiger partial charge in [-0.05, 0) is 39.4 Å². The Morgan fingerprint density at radius 1 is 1.21 bits per heavy atom. The molecule has 0 bridgehead atoms. The summed E-state index contributed by atoms with van der Waals surface area (Å²) in [5.41, 5.74) is 1.48. The van der Waals surface area contributed by atoms with Gasteiger partial charge in [0.2, 0.25) is 11.5 Å². The van der Waals surface area contributed by atoms with Crippen LogP contribution in [0.3, 0.4) is 0 Å². The number of carbonyl (C=O) groups is 2. The van der Waals surface area contributed by atoms with Crippen molar-refractivity contribution in [2.75, 3.05) is 46.8 Å². The Morgan fingerprint density at radius 2 is 1.97 bits per heavy atom. The maximum Gasteiger partial charge on any atom is 0.255 e. The van der Waals surface area contributed by atoms with Gasteiger partial charge in [0.15, 0.2) is 0 Å². The number of H-pyrrole nitrogens is 1. The van der Waals surface area contributed by atoms with Gasteiger partial charge in [-0.2, -0.15) is 0 Å². The highest BCUT2D eigenvalue weighted by Crippen LogP contribution is 2.43. The molecule has 29 heavy (non-hydrogen) atoms. The van der Waals surface area contributed by atoms with Crippen LogP contribution in [0.25, 0.3) is 0 Å². The summed E-state index contributed by atoms with van der Waals surface area (Å²) in [6, 6.07) is 2.97. The number of pyridine rings is 1. The zero-order chi connectivity index (χ0) is 20.6. The number of allylic oxidation sites excluding steroid dienone is 1. The molecular weight excluding hydrogens is 368 g/mol. The third-order valence-electron chi connectivity index (χ3n) is 6.57. The van der Waals surface area contributed by atoms with Crippen molar-refractivity contribution in [2.24, 2.45) is 11.3 Å². The van der Waals surface area contributed by atoms with Gasteiger partial charge in [-0.25, -0.2) is 0 Å². The topological polar surface area (TPSA) is 76.7 Å². The van der Waals surface area contributed by atoms with E-state index in [4.69, 9.17) is 0 Å². The fourth-order valence-corrected chi connectivity index (χ4v) is 5.31. The number of aromatic nitrogens is 1.